The molecule has 1 rings (SSSR count). The molecule has 1 aromatic rings. The Kier molecular flexibility index (Phi) is 4.91. The summed E-state index contributed by atoms with van der Waals surface area (Å²) < 4.78 is 0. The summed E-state index contributed by atoms with van der Waals surface area (Å²) in [6.45, 7) is 8.59. The Labute approximate surface area is 110 Å². The van der Waals surface area contributed by atoms with Crippen LogP contribution in [0, 0.1) is 11.3 Å². The zero-order valence-corrected chi connectivity index (χ0v) is 11.7. The molecule has 2 unspecified atom stereocenters. The van der Waals surface area contributed by atoms with Gasteiger partial charge in [-0.15, -0.1) is 0 Å². The first-order valence-corrected chi connectivity index (χ1v) is 6.41. The number of amides is 1. The lowest BCUT2D eigenvalue weighted by molar-refractivity contribution is -0.125. The van der Waals surface area contributed by atoms with Crippen LogP contribution in [0.2, 0.25) is 0 Å². The van der Waals surface area contributed by atoms with Gasteiger partial charge >= 0.3 is 0 Å². The van der Waals surface area contributed by atoms with E-state index >= 15 is 0 Å². The Bertz CT molecular complexity index is 381. The van der Waals surface area contributed by atoms with Gasteiger partial charge in [-0.3, -0.25) is 4.79 Å². The van der Waals surface area contributed by atoms with Crippen molar-refractivity contribution in [2.24, 2.45) is 17.1 Å². The maximum atomic E-state index is 12.0. The molecule has 3 heteroatoms. The molecule has 0 aliphatic rings. The summed E-state index contributed by atoms with van der Waals surface area (Å²) in [4.78, 5) is 12.0. The van der Waals surface area contributed by atoms with E-state index in [4.69, 9.17) is 5.73 Å². The Balaban J connectivity index is 2.92. The van der Waals surface area contributed by atoms with Crippen molar-refractivity contribution in [1.29, 1.82) is 0 Å². The summed E-state index contributed by atoms with van der Waals surface area (Å²) in [6, 6.07) is 10.1. The third-order valence-electron chi connectivity index (χ3n) is 3.09. The fourth-order valence-corrected chi connectivity index (χ4v) is 1.84. The second-order valence-corrected chi connectivity index (χ2v) is 5.86. The molecule has 18 heavy (non-hydrogen) atoms. The van der Waals surface area contributed by atoms with Gasteiger partial charge in [-0.1, -0.05) is 58.0 Å². The quantitative estimate of drug-likeness (QED) is 0.860. The van der Waals surface area contributed by atoms with Gasteiger partial charge in [0.2, 0.25) is 5.91 Å². The summed E-state index contributed by atoms with van der Waals surface area (Å²) in [7, 11) is 0. The second-order valence-electron chi connectivity index (χ2n) is 5.86. The normalized spacial score (nSPS) is 14.9. The van der Waals surface area contributed by atoms with E-state index in [1.165, 1.54) is 0 Å². The number of rotatable bonds is 4. The molecule has 0 aromatic heterocycles. The topological polar surface area (TPSA) is 55.1 Å². The minimum Gasteiger partial charge on any atom is -0.348 e. The SMILES string of the molecule is CC(CN)C(=O)NC(c1ccccc1)C(C)(C)C. The Morgan fingerprint density at radius 1 is 1.28 bits per heavy atom. The van der Waals surface area contributed by atoms with Gasteiger partial charge in [0, 0.05) is 12.5 Å². The van der Waals surface area contributed by atoms with E-state index in [1.807, 2.05) is 37.3 Å². The van der Waals surface area contributed by atoms with Crippen molar-refractivity contribution in [2.75, 3.05) is 6.54 Å². The molecule has 0 aliphatic heterocycles. The van der Waals surface area contributed by atoms with Gasteiger partial charge < -0.3 is 11.1 Å². The van der Waals surface area contributed by atoms with Gasteiger partial charge in [-0.05, 0) is 11.0 Å². The Hall–Kier alpha value is -1.35. The molecule has 0 heterocycles. The molecule has 0 radical (unpaired) electrons. The smallest absolute Gasteiger partial charge is 0.224 e. The van der Waals surface area contributed by atoms with E-state index in [1.54, 1.807) is 0 Å². The van der Waals surface area contributed by atoms with E-state index in [9.17, 15) is 4.79 Å². The number of hydrogen-bond acceptors (Lipinski definition) is 2. The molecule has 0 spiro atoms. The summed E-state index contributed by atoms with van der Waals surface area (Å²) in [5.74, 6) is -0.139. The molecular formula is C15H24N2O. The van der Waals surface area contributed by atoms with Crippen LogP contribution in [-0.2, 0) is 4.79 Å². The number of hydrogen-bond donors (Lipinski definition) is 2. The number of nitrogens with one attached hydrogen (secondary N) is 1. The van der Waals surface area contributed by atoms with Crippen molar-refractivity contribution in [3.8, 4) is 0 Å². The van der Waals surface area contributed by atoms with E-state index in [-0.39, 0.29) is 23.3 Å². The summed E-state index contributed by atoms with van der Waals surface area (Å²) >= 11 is 0. The summed E-state index contributed by atoms with van der Waals surface area (Å²) in [5.41, 5.74) is 6.63. The van der Waals surface area contributed by atoms with Crippen LogP contribution in [0.5, 0.6) is 0 Å². The first-order chi connectivity index (χ1) is 8.36. The van der Waals surface area contributed by atoms with Crippen LogP contribution in [-0.4, -0.2) is 12.5 Å². The monoisotopic (exact) mass is 248 g/mol. The lowest BCUT2D eigenvalue weighted by Crippen LogP contribution is -2.41. The number of benzene rings is 1. The third-order valence-corrected chi connectivity index (χ3v) is 3.09. The lowest BCUT2D eigenvalue weighted by Gasteiger charge is -2.32. The molecule has 0 fully saturated rings. The minimum atomic E-state index is -0.154. The maximum Gasteiger partial charge on any atom is 0.224 e. The number of carbonyl (C=O) groups is 1. The van der Waals surface area contributed by atoms with Gasteiger partial charge in [0.25, 0.3) is 0 Å². The number of nitrogens with two attached hydrogens (primary N) is 1. The molecule has 0 bridgehead atoms. The zero-order valence-electron chi connectivity index (χ0n) is 11.7. The molecule has 0 aliphatic carbocycles. The maximum absolute atomic E-state index is 12.0. The molecule has 3 N–H and O–H groups in total. The molecule has 0 saturated heterocycles. The molecule has 1 amide bonds. The minimum absolute atomic E-state index is 0.000185. The molecule has 100 valence electrons. The standard InChI is InChI=1S/C15H24N2O/c1-11(10-16)14(18)17-13(15(2,3)4)12-8-6-5-7-9-12/h5-9,11,13H,10,16H2,1-4H3,(H,17,18). The van der Waals surface area contributed by atoms with E-state index in [0.29, 0.717) is 6.54 Å². The van der Waals surface area contributed by atoms with Crippen molar-refractivity contribution in [2.45, 2.75) is 33.7 Å². The van der Waals surface area contributed by atoms with Crippen molar-refractivity contribution in [3.63, 3.8) is 0 Å². The zero-order chi connectivity index (χ0) is 13.8. The van der Waals surface area contributed by atoms with Crippen molar-refractivity contribution < 1.29 is 4.79 Å². The summed E-state index contributed by atoms with van der Waals surface area (Å²) in [6.07, 6.45) is 0. The van der Waals surface area contributed by atoms with E-state index in [2.05, 4.69) is 26.1 Å². The van der Waals surface area contributed by atoms with Crippen LogP contribution < -0.4 is 11.1 Å². The number of carbonyl (C=O) groups excluding carboxylic acids is 1. The Morgan fingerprint density at radius 3 is 2.28 bits per heavy atom. The molecule has 2 atom stereocenters. The van der Waals surface area contributed by atoms with Gasteiger partial charge in [0.05, 0.1) is 6.04 Å². The van der Waals surface area contributed by atoms with Crippen molar-refractivity contribution in [3.05, 3.63) is 35.9 Å². The van der Waals surface area contributed by atoms with Gasteiger partial charge in [-0.2, -0.15) is 0 Å². The largest absolute Gasteiger partial charge is 0.348 e. The van der Waals surface area contributed by atoms with Gasteiger partial charge in [-0.25, -0.2) is 0 Å². The van der Waals surface area contributed by atoms with E-state index in [0.717, 1.165) is 5.56 Å². The molecule has 0 saturated carbocycles. The fraction of sp³-hybridized carbons (Fsp3) is 0.533. The highest BCUT2D eigenvalue weighted by Crippen LogP contribution is 2.32. The van der Waals surface area contributed by atoms with Crippen molar-refractivity contribution in [1.82, 2.24) is 5.32 Å². The van der Waals surface area contributed by atoms with Gasteiger partial charge in [0.15, 0.2) is 0 Å². The molecular weight excluding hydrogens is 224 g/mol. The Morgan fingerprint density at radius 2 is 1.83 bits per heavy atom. The van der Waals surface area contributed by atoms with Crippen LogP contribution in [0.3, 0.4) is 0 Å². The van der Waals surface area contributed by atoms with Crippen LogP contribution in [0.25, 0.3) is 0 Å². The average molecular weight is 248 g/mol. The predicted molar refractivity (Wildman–Crippen MR) is 75.0 cm³/mol. The molecule has 1 aromatic carbocycles. The molecule has 3 nitrogen and oxygen atoms in total. The summed E-state index contributed by atoms with van der Waals surface area (Å²) in [5, 5.41) is 3.10. The highest BCUT2D eigenvalue weighted by molar-refractivity contribution is 5.79. The van der Waals surface area contributed by atoms with Crippen LogP contribution in [0.1, 0.15) is 39.3 Å². The predicted octanol–water partition coefficient (Wildman–Crippen LogP) is 2.48. The second kappa shape index (κ2) is 6.01. The highest BCUT2D eigenvalue weighted by Gasteiger charge is 2.28. The van der Waals surface area contributed by atoms with E-state index < -0.39 is 0 Å². The van der Waals surface area contributed by atoms with Gasteiger partial charge in [0.1, 0.15) is 0 Å². The first-order valence-electron chi connectivity index (χ1n) is 6.41. The third kappa shape index (κ3) is 3.84. The van der Waals surface area contributed by atoms with Crippen LogP contribution in [0.15, 0.2) is 30.3 Å². The van der Waals surface area contributed by atoms with Crippen LogP contribution >= 0.6 is 0 Å². The average Bonchev–Trinajstić information content (AvgIpc) is 2.34. The fourth-order valence-electron chi connectivity index (χ4n) is 1.84. The van der Waals surface area contributed by atoms with Crippen LogP contribution in [0.4, 0.5) is 0 Å². The lowest BCUT2D eigenvalue weighted by atomic mass is 9.82. The highest BCUT2D eigenvalue weighted by atomic mass is 16.1. The first kappa shape index (κ1) is 14.7. The van der Waals surface area contributed by atoms with Crippen molar-refractivity contribution >= 4 is 5.91 Å².